The van der Waals surface area contributed by atoms with E-state index in [4.69, 9.17) is 0 Å². The van der Waals surface area contributed by atoms with Gasteiger partial charge in [0.25, 0.3) is 0 Å². The van der Waals surface area contributed by atoms with E-state index in [-0.39, 0.29) is 0 Å². The molecule has 3 saturated carbocycles. The van der Waals surface area contributed by atoms with Gasteiger partial charge in [0.1, 0.15) is 0 Å². The van der Waals surface area contributed by atoms with Gasteiger partial charge in [-0.25, -0.2) is 0 Å². The van der Waals surface area contributed by atoms with E-state index in [0.717, 1.165) is 42.4 Å². The average Bonchev–Trinajstić information content (AvgIpc) is 3.00. The molecule has 0 spiro atoms. The maximum Gasteiger partial charge on any atom is 0.222 e. The number of rotatable bonds is 5. The minimum Gasteiger partial charge on any atom is -0.342 e. The number of carbonyl (C=O) groups is 1. The van der Waals surface area contributed by atoms with Crippen LogP contribution in [-0.2, 0) is 4.79 Å². The van der Waals surface area contributed by atoms with Crippen LogP contribution in [0.4, 0.5) is 0 Å². The van der Waals surface area contributed by atoms with E-state index in [1.54, 1.807) is 0 Å². The van der Waals surface area contributed by atoms with Crippen LogP contribution in [0.3, 0.4) is 0 Å². The molecule has 0 aromatic rings. The first kappa shape index (κ1) is 20.7. The fourth-order valence-corrected chi connectivity index (χ4v) is 8.75. The Morgan fingerprint density at radius 3 is 2.61 bits per heavy atom. The Balaban J connectivity index is 1.52. The summed E-state index contributed by atoms with van der Waals surface area (Å²) in [7, 11) is 2.09. The van der Waals surface area contributed by atoms with Gasteiger partial charge in [-0.05, 0) is 78.9 Å². The molecular weight excluding hydrogens is 342 g/mol. The van der Waals surface area contributed by atoms with Gasteiger partial charge in [0.2, 0.25) is 5.91 Å². The van der Waals surface area contributed by atoms with Gasteiger partial charge in [-0.3, -0.25) is 4.79 Å². The predicted molar refractivity (Wildman–Crippen MR) is 117 cm³/mol. The van der Waals surface area contributed by atoms with E-state index in [9.17, 15) is 4.79 Å². The van der Waals surface area contributed by atoms with Gasteiger partial charge >= 0.3 is 0 Å². The number of nitrogens with zero attached hydrogens (tertiary/aromatic N) is 1. The summed E-state index contributed by atoms with van der Waals surface area (Å²) >= 11 is 0. The molecule has 0 aromatic carbocycles. The molecule has 2 nitrogen and oxygen atoms in total. The molecule has 1 aliphatic heterocycles. The van der Waals surface area contributed by atoms with Gasteiger partial charge in [0.05, 0.1) is 0 Å². The maximum absolute atomic E-state index is 12.4. The first-order chi connectivity index (χ1) is 13.3. The summed E-state index contributed by atoms with van der Waals surface area (Å²) in [6, 6.07) is 0.487. The van der Waals surface area contributed by atoms with Crippen LogP contribution >= 0.6 is 0 Å². The minimum atomic E-state index is 0.361. The lowest BCUT2D eigenvalue weighted by Crippen LogP contribution is -2.62. The molecule has 1 unspecified atom stereocenters. The van der Waals surface area contributed by atoms with Crippen molar-refractivity contribution in [2.75, 3.05) is 7.05 Å². The molecular formula is C26H45NO. The third-order valence-corrected chi connectivity index (χ3v) is 10.3. The van der Waals surface area contributed by atoms with Crippen LogP contribution in [0, 0.1) is 40.4 Å². The Labute approximate surface area is 174 Å². The molecule has 0 aromatic heterocycles. The standard InChI is InChI=1S/C26H45NO/c1-6-7-8-9-10-19-16-21-24-18(2)15-22-26(4,14-12-23(28)27(22)5)20(24)11-13-25(21,3)17-19/h18-22,24H,6-17H2,1-5H3/t18-,19-,20-,21-,22+,24?,25+,26+/m0/s1. The van der Waals surface area contributed by atoms with Gasteiger partial charge in [0, 0.05) is 19.5 Å². The van der Waals surface area contributed by atoms with Crippen LogP contribution in [0.5, 0.6) is 0 Å². The summed E-state index contributed by atoms with van der Waals surface area (Å²) in [5.74, 6) is 4.84. The van der Waals surface area contributed by atoms with Crippen LogP contribution in [0.1, 0.15) is 105 Å². The Bertz CT molecular complexity index is 587. The number of amides is 1. The fraction of sp³-hybridized carbons (Fsp3) is 0.962. The summed E-state index contributed by atoms with van der Waals surface area (Å²) in [4.78, 5) is 14.6. The molecule has 2 heteroatoms. The lowest BCUT2D eigenvalue weighted by atomic mass is 9.45. The van der Waals surface area contributed by atoms with Crippen molar-refractivity contribution in [3.63, 3.8) is 0 Å². The van der Waals surface area contributed by atoms with Crippen LogP contribution in [-0.4, -0.2) is 23.9 Å². The van der Waals surface area contributed by atoms with Crippen molar-refractivity contribution >= 4 is 5.91 Å². The summed E-state index contributed by atoms with van der Waals surface area (Å²) in [5.41, 5.74) is 0.963. The zero-order chi connectivity index (χ0) is 20.1. The molecule has 3 aliphatic carbocycles. The number of unbranched alkanes of at least 4 members (excludes halogenated alkanes) is 3. The van der Waals surface area contributed by atoms with E-state index in [1.165, 1.54) is 64.2 Å². The molecule has 8 atom stereocenters. The summed E-state index contributed by atoms with van der Waals surface area (Å²) in [5, 5.41) is 0. The summed E-state index contributed by atoms with van der Waals surface area (Å²) < 4.78 is 0. The largest absolute Gasteiger partial charge is 0.342 e. The van der Waals surface area contributed by atoms with Gasteiger partial charge < -0.3 is 4.90 Å². The first-order valence-corrected chi connectivity index (χ1v) is 12.6. The second-order valence-corrected chi connectivity index (χ2v) is 11.9. The monoisotopic (exact) mass is 387 g/mol. The average molecular weight is 388 g/mol. The lowest BCUT2D eigenvalue weighted by molar-refractivity contribution is -0.164. The zero-order valence-corrected chi connectivity index (χ0v) is 19.3. The van der Waals surface area contributed by atoms with E-state index < -0.39 is 0 Å². The van der Waals surface area contributed by atoms with Crippen molar-refractivity contribution in [3.8, 4) is 0 Å². The van der Waals surface area contributed by atoms with Gasteiger partial charge in [-0.2, -0.15) is 0 Å². The number of hydrogen-bond acceptors (Lipinski definition) is 1. The van der Waals surface area contributed by atoms with Crippen LogP contribution in [0.25, 0.3) is 0 Å². The van der Waals surface area contributed by atoms with E-state index in [0.29, 0.717) is 22.8 Å². The minimum absolute atomic E-state index is 0.361. The third kappa shape index (κ3) is 3.25. The third-order valence-electron chi connectivity index (χ3n) is 10.3. The smallest absolute Gasteiger partial charge is 0.222 e. The van der Waals surface area contributed by atoms with Crippen LogP contribution in [0.15, 0.2) is 0 Å². The van der Waals surface area contributed by atoms with Crippen molar-refractivity contribution in [2.45, 2.75) is 111 Å². The molecule has 160 valence electrons. The van der Waals surface area contributed by atoms with E-state index >= 15 is 0 Å². The highest BCUT2D eigenvalue weighted by atomic mass is 16.2. The SMILES string of the molecule is CCCCCC[C@H]1C[C@H]2C3[C@@H](C)C[C@H]4N(C)C(=O)CC[C@]4(C)[C@H]3CC[C@]2(C)C1. The zero-order valence-electron chi connectivity index (χ0n) is 19.3. The highest BCUT2D eigenvalue weighted by Crippen LogP contribution is 2.67. The Morgan fingerprint density at radius 2 is 1.86 bits per heavy atom. The Kier molecular flexibility index (Phi) is 5.64. The molecule has 0 N–H and O–H groups in total. The fourth-order valence-electron chi connectivity index (χ4n) is 8.75. The van der Waals surface area contributed by atoms with Crippen molar-refractivity contribution in [1.82, 2.24) is 4.90 Å². The van der Waals surface area contributed by atoms with Crippen molar-refractivity contribution in [3.05, 3.63) is 0 Å². The topological polar surface area (TPSA) is 20.3 Å². The molecule has 0 bridgehead atoms. The normalized spacial score (nSPS) is 48.2. The van der Waals surface area contributed by atoms with Crippen LogP contribution < -0.4 is 0 Å². The summed E-state index contributed by atoms with van der Waals surface area (Å²) in [6.07, 6.45) is 16.2. The summed E-state index contributed by atoms with van der Waals surface area (Å²) in [6.45, 7) is 10.1. The van der Waals surface area contributed by atoms with Crippen molar-refractivity contribution in [1.29, 1.82) is 0 Å². The number of hydrogen-bond donors (Lipinski definition) is 0. The highest BCUT2D eigenvalue weighted by molar-refractivity contribution is 5.77. The van der Waals surface area contributed by atoms with Crippen molar-refractivity contribution < 1.29 is 4.79 Å². The van der Waals surface area contributed by atoms with E-state index in [2.05, 4.69) is 39.6 Å². The molecule has 4 aliphatic rings. The predicted octanol–water partition coefficient (Wildman–Crippen LogP) is 6.68. The molecule has 4 rings (SSSR count). The Hall–Kier alpha value is -0.530. The molecule has 28 heavy (non-hydrogen) atoms. The second-order valence-electron chi connectivity index (χ2n) is 11.9. The number of carbonyl (C=O) groups excluding carboxylic acids is 1. The molecule has 1 heterocycles. The maximum atomic E-state index is 12.4. The van der Waals surface area contributed by atoms with E-state index in [1.807, 2.05) is 0 Å². The second kappa shape index (κ2) is 7.62. The molecule has 1 saturated heterocycles. The first-order valence-electron chi connectivity index (χ1n) is 12.6. The number of piperidine rings is 1. The number of fused-ring (bicyclic) bond motifs is 5. The molecule has 1 amide bonds. The lowest BCUT2D eigenvalue weighted by Gasteiger charge is -2.63. The van der Waals surface area contributed by atoms with Crippen LogP contribution in [0.2, 0.25) is 0 Å². The molecule has 4 fully saturated rings. The Morgan fingerprint density at radius 1 is 1.07 bits per heavy atom. The van der Waals surface area contributed by atoms with Gasteiger partial charge in [-0.15, -0.1) is 0 Å². The quantitative estimate of drug-likeness (QED) is 0.482. The highest BCUT2D eigenvalue weighted by Gasteiger charge is 2.61. The van der Waals surface area contributed by atoms with Gasteiger partial charge in [-0.1, -0.05) is 59.8 Å². The molecule has 0 radical (unpaired) electrons. The van der Waals surface area contributed by atoms with Crippen molar-refractivity contribution in [2.24, 2.45) is 40.4 Å². The van der Waals surface area contributed by atoms with Gasteiger partial charge in [0.15, 0.2) is 0 Å². The number of likely N-dealkylation sites (tertiary alicyclic amines) is 1.